The van der Waals surface area contributed by atoms with Crippen LogP contribution in [-0.4, -0.2) is 41.3 Å². The SMILES string of the molecule is Cc1cc(N2C[C@@]34C=C[C@@H](O3)[C@H](C(=O)NC(C)C)[C@H]4C2=O)no1. The van der Waals surface area contributed by atoms with Crippen LogP contribution in [0.15, 0.2) is 22.7 Å². The Hall–Kier alpha value is -2.15. The molecule has 4 rings (SSSR count). The minimum Gasteiger partial charge on any atom is -0.360 e. The Morgan fingerprint density at radius 3 is 2.96 bits per heavy atom. The third kappa shape index (κ3) is 1.96. The second kappa shape index (κ2) is 4.67. The van der Waals surface area contributed by atoms with Crippen LogP contribution in [0.3, 0.4) is 0 Å². The quantitative estimate of drug-likeness (QED) is 0.833. The van der Waals surface area contributed by atoms with Crippen LogP contribution in [0.5, 0.6) is 0 Å². The highest BCUT2D eigenvalue weighted by atomic mass is 16.5. The van der Waals surface area contributed by atoms with Crippen molar-refractivity contribution in [3.05, 3.63) is 24.0 Å². The van der Waals surface area contributed by atoms with Crippen molar-refractivity contribution in [2.45, 2.75) is 38.5 Å². The summed E-state index contributed by atoms with van der Waals surface area (Å²) in [5, 5.41) is 6.82. The fraction of sp³-hybridized carbons (Fsp3) is 0.562. The zero-order valence-electron chi connectivity index (χ0n) is 13.3. The molecule has 1 aromatic rings. The van der Waals surface area contributed by atoms with Crippen LogP contribution in [-0.2, 0) is 14.3 Å². The first kappa shape index (κ1) is 14.4. The molecule has 2 saturated heterocycles. The van der Waals surface area contributed by atoms with E-state index in [1.54, 1.807) is 17.9 Å². The van der Waals surface area contributed by atoms with E-state index in [4.69, 9.17) is 9.26 Å². The monoisotopic (exact) mass is 317 g/mol. The fourth-order valence-corrected chi connectivity index (χ4v) is 3.85. The lowest BCUT2D eigenvalue weighted by atomic mass is 9.76. The average molecular weight is 317 g/mol. The number of hydrogen-bond acceptors (Lipinski definition) is 5. The molecular formula is C16H19N3O4. The minimum absolute atomic E-state index is 0.0207. The van der Waals surface area contributed by atoms with E-state index in [2.05, 4.69) is 10.5 Å². The lowest BCUT2D eigenvalue weighted by molar-refractivity contribution is -0.132. The van der Waals surface area contributed by atoms with Gasteiger partial charge in [0.15, 0.2) is 5.82 Å². The second-order valence-electron chi connectivity index (χ2n) is 6.78. The lowest BCUT2D eigenvalue weighted by Crippen LogP contribution is -2.45. The normalized spacial score (nSPS) is 34.5. The summed E-state index contributed by atoms with van der Waals surface area (Å²) in [5.41, 5.74) is -0.729. The molecule has 0 unspecified atom stereocenters. The molecule has 4 heterocycles. The number of hydrogen-bond donors (Lipinski definition) is 1. The number of aryl methyl sites for hydroxylation is 1. The number of carbonyl (C=O) groups is 2. The summed E-state index contributed by atoms with van der Waals surface area (Å²) >= 11 is 0. The highest BCUT2D eigenvalue weighted by molar-refractivity contribution is 6.02. The molecule has 1 N–H and O–H groups in total. The number of ether oxygens (including phenoxy) is 1. The van der Waals surface area contributed by atoms with Gasteiger partial charge >= 0.3 is 0 Å². The Morgan fingerprint density at radius 2 is 2.30 bits per heavy atom. The summed E-state index contributed by atoms with van der Waals surface area (Å²) in [5.74, 6) is -0.153. The molecular weight excluding hydrogens is 298 g/mol. The van der Waals surface area contributed by atoms with Crippen molar-refractivity contribution in [2.75, 3.05) is 11.4 Å². The minimum atomic E-state index is -0.729. The number of nitrogens with zero attached hydrogens (tertiary/aromatic N) is 2. The maximum atomic E-state index is 12.9. The van der Waals surface area contributed by atoms with Gasteiger partial charge in [-0.1, -0.05) is 17.3 Å². The van der Waals surface area contributed by atoms with E-state index in [1.807, 2.05) is 26.0 Å². The summed E-state index contributed by atoms with van der Waals surface area (Å²) < 4.78 is 11.1. The van der Waals surface area contributed by atoms with Crippen molar-refractivity contribution in [1.82, 2.24) is 10.5 Å². The smallest absolute Gasteiger partial charge is 0.235 e. The van der Waals surface area contributed by atoms with Gasteiger partial charge in [0.1, 0.15) is 11.4 Å². The summed E-state index contributed by atoms with van der Waals surface area (Å²) in [6.07, 6.45) is 3.49. The van der Waals surface area contributed by atoms with Gasteiger partial charge in [-0.2, -0.15) is 0 Å². The molecule has 0 aromatic carbocycles. The molecule has 1 spiro atoms. The fourth-order valence-electron chi connectivity index (χ4n) is 3.85. The summed E-state index contributed by atoms with van der Waals surface area (Å²) in [7, 11) is 0. The zero-order valence-corrected chi connectivity index (χ0v) is 13.3. The number of carbonyl (C=O) groups excluding carboxylic acids is 2. The van der Waals surface area contributed by atoms with Crippen LogP contribution in [0.2, 0.25) is 0 Å². The molecule has 0 aliphatic carbocycles. The first-order valence-electron chi connectivity index (χ1n) is 7.83. The van der Waals surface area contributed by atoms with E-state index >= 15 is 0 Å². The van der Waals surface area contributed by atoms with Crippen molar-refractivity contribution in [3.63, 3.8) is 0 Å². The van der Waals surface area contributed by atoms with Gasteiger partial charge in [0, 0.05) is 12.1 Å². The van der Waals surface area contributed by atoms with Crippen LogP contribution in [0, 0.1) is 18.8 Å². The number of anilines is 1. The van der Waals surface area contributed by atoms with Gasteiger partial charge in [-0.05, 0) is 20.8 Å². The van der Waals surface area contributed by atoms with Crippen LogP contribution < -0.4 is 10.2 Å². The molecule has 0 radical (unpaired) electrons. The Labute approximate surface area is 133 Å². The maximum Gasteiger partial charge on any atom is 0.235 e. The standard InChI is InChI=1S/C16H19N3O4/c1-8(2)17-14(20)12-10-4-5-16(22-10)7-19(15(21)13(12)16)11-6-9(3)23-18-11/h4-6,8,10,12-13H,7H2,1-3H3,(H,17,20)/t10-,12+,13+,16-/m1/s1. The Morgan fingerprint density at radius 1 is 1.52 bits per heavy atom. The average Bonchev–Trinajstić information content (AvgIpc) is 3.19. The van der Waals surface area contributed by atoms with Crippen LogP contribution in [0.1, 0.15) is 19.6 Å². The summed E-state index contributed by atoms with van der Waals surface area (Å²) in [4.78, 5) is 27.0. The van der Waals surface area contributed by atoms with Gasteiger partial charge in [-0.15, -0.1) is 0 Å². The molecule has 0 saturated carbocycles. The molecule has 122 valence electrons. The van der Waals surface area contributed by atoms with E-state index in [9.17, 15) is 9.59 Å². The van der Waals surface area contributed by atoms with E-state index in [1.165, 1.54) is 0 Å². The predicted molar refractivity (Wildman–Crippen MR) is 80.6 cm³/mol. The van der Waals surface area contributed by atoms with Gasteiger partial charge in [0.25, 0.3) is 0 Å². The highest BCUT2D eigenvalue weighted by Crippen LogP contribution is 2.52. The molecule has 3 aliphatic rings. The molecule has 7 heteroatoms. The van der Waals surface area contributed by atoms with E-state index < -0.39 is 17.4 Å². The molecule has 1 aromatic heterocycles. The van der Waals surface area contributed by atoms with Crippen LogP contribution >= 0.6 is 0 Å². The van der Waals surface area contributed by atoms with E-state index in [-0.39, 0.29) is 24.0 Å². The third-order valence-electron chi connectivity index (χ3n) is 4.73. The van der Waals surface area contributed by atoms with E-state index in [0.717, 1.165) is 0 Å². The molecule has 23 heavy (non-hydrogen) atoms. The predicted octanol–water partition coefficient (Wildman–Crippen LogP) is 0.794. The highest BCUT2D eigenvalue weighted by Gasteiger charge is 2.67. The van der Waals surface area contributed by atoms with Crippen molar-refractivity contribution in [1.29, 1.82) is 0 Å². The molecule has 3 aliphatic heterocycles. The van der Waals surface area contributed by atoms with Crippen LogP contribution in [0.25, 0.3) is 0 Å². The van der Waals surface area contributed by atoms with E-state index in [0.29, 0.717) is 18.1 Å². The Kier molecular flexibility index (Phi) is 2.93. The maximum absolute atomic E-state index is 12.9. The summed E-state index contributed by atoms with van der Waals surface area (Å²) in [6, 6.07) is 1.74. The first-order valence-corrected chi connectivity index (χ1v) is 7.83. The topological polar surface area (TPSA) is 84.7 Å². The van der Waals surface area contributed by atoms with Gasteiger partial charge < -0.3 is 14.6 Å². The zero-order chi connectivity index (χ0) is 16.4. The molecule has 2 fully saturated rings. The number of aromatic nitrogens is 1. The largest absolute Gasteiger partial charge is 0.360 e. The van der Waals surface area contributed by atoms with Gasteiger partial charge in [0.05, 0.1) is 24.5 Å². The number of nitrogens with one attached hydrogen (secondary N) is 1. The molecule has 4 atom stereocenters. The first-order chi connectivity index (χ1) is 10.9. The lowest BCUT2D eigenvalue weighted by Gasteiger charge is -2.24. The Bertz CT molecular complexity index is 710. The van der Waals surface area contributed by atoms with Crippen molar-refractivity contribution < 1.29 is 18.8 Å². The van der Waals surface area contributed by atoms with Crippen LogP contribution in [0.4, 0.5) is 5.82 Å². The molecule has 2 bridgehead atoms. The van der Waals surface area contributed by atoms with Gasteiger partial charge in [0.2, 0.25) is 11.8 Å². The van der Waals surface area contributed by atoms with Crippen molar-refractivity contribution in [2.24, 2.45) is 11.8 Å². The Balaban J connectivity index is 1.67. The second-order valence-corrected chi connectivity index (χ2v) is 6.78. The van der Waals surface area contributed by atoms with Gasteiger partial charge in [-0.3, -0.25) is 14.5 Å². The number of rotatable bonds is 3. The van der Waals surface area contributed by atoms with Crippen molar-refractivity contribution >= 4 is 17.6 Å². The molecule has 2 amide bonds. The summed E-state index contributed by atoms with van der Waals surface area (Å²) in [6.45, 7) is 5.94. The van der Waals surface area contributed by atoms with Gasteiger partial charge in [-0.25, -0.2) is 0 Å². The number of fused-ring (bicyclic) bond motifs is 1. The third-order valence-corrected chi connectivity index (χ3v) is 4.73. The number of amides is 2. The van der Waals surface area contributed by atoms with Crippen molar-refractivity contribution in [3.8, 4) is 0 Å². The molecule has 7 nitrogen and oxygen atoms in total.